The number of rotatable bonds is 7. The van der Waals surface area contributed by atoms with Crippen molar-refractivity contribution < 1.29 is 9.59 Å². The predicted molar refractivity (Wildman–Crippen MR) is 141 cm³/mol. The van der Waals surface area contributed by atoms with E-state index >= 15 is 0 Å². The molecular weight excluding hydrogens is 454 g/mol. The molecule has 0 bridgehead atoms. The summed E-state index contributed by atoms with van der Waals surface area (Å²) in [5.41, 5.74) is 2.05. The largest absolute Gasteiger partial charge is 0.368 e. The summed E-state index contributed by atoms with van der Waals surface area (Å²) >= 11 is 0. The molecule has 0 unspecified atom stereocenters. The highest BCUT2D eigenvalue weighted by atomic mass is 16.2. The second-order valence-corrected chi connectivity index (χ2v) is 9.74. The van der Waals surface area contributed by atoms with Crippen LogP contribution in [0, 0.1) is 0 Å². The van der Waals surface area contributed by atoms with Gasteiger partial charge in [-0.25, -0.2) is 9.97 Å². The van der Waals surface area contributed by atoms with Crippen LogP contribution in [0.5, 0.6) is 0 Å². The van der Waals surface area contributed by atoms with Gasteiger partial charge in [0.25, 0.3) is 5.91 Å². The van der Waals surface area contributed by atoms with Gasteiger partial charge in [-0.05, 0) is 44.8 Å². The van der Waals surface area contributed by atoms with Crippen molar-refractivity contribution in [2.24, 2.45) is 0 Å². The molecule has 2 fully saturated rings. The van der Waals surface area contributed by atoms with Gasteiger partial charge in [0, 0.05) is 44.7 Å². The Morgan fingerprint density at radius 2 is 1.75 bits per heavy atom. The molecule has 9 heteroatoms. The molecule has 4 heterocycles. The normalized spacial score (nSPS) is 17.3. The molecule has 1 aromatic carbocycles. The van der Waals surface area contributed by atoms with Crippen LogP contribution in [0.15, 0.2) is 36.4 Å². The summed E-state index contributed by atoms with van der Waals surface area (Å²) in [4.78, 5) is 42.0. The fourth-order valence-electron chi connectivity index (χ4n) is 5.28. The fourth-order valence-corrected chi connectivity index (χ4v) is 5.28. The predicted octanol–water partition coefficient (Wildman–Crippen LogP) is 3.26. The molecule has 2 amide bonds. The van der Waals surface area contributed by atoms with Crippen LogP contribution in [0.2, 0.25) is 0 Å². The molecule has 0 spiro atoms. The Hall–Kier alpha value is -3.46. The maximum atomic E-state index is 13.4. The van der Waals surface area contributed by atoms with Gasteiger partial charge in [-0.3, -0.25) is 9.59 Å². The average molecular weight is 490 g/mol. The monoisotopic (exact) mass is 489 g/mol. The van der Waals surface area contributed by atoms with Gasteiger partial charge in [0.15, 0.2) is 5.82 Å². The van der Waals surface area contributed by atoms with Gasteiger partial charge in [0.05, 0.1) is 5.39 Å². The number of nitrogens with one attached hydrogen (secondary N) is 3. The summed E-state index contributed by atoms with van der Waals surface area (Å²) in [7, 11) is 0. The maximum Gasteiger partial charge on any atom is 0.270 e. The van der Waals surface area contributed by atoms with Gasteiger partial charge >= 0.3 is 0 Å². The quantitative estimate of drug-likeness (QED) is 0.440. The smallest absolute Gasteiger partial charge is 0.270 e. The van der Waals surface area contributed by atoms with E-state index < -0.39 is 0 Å². The van der Waals surface area contributed by atoms with Crippen molar-refractivity contribution >= 4 is 28.7 Å². The van der Waals surface area contributed by atoms with E-state index in [0.29, 0.717) is 42.1 Å². The molecule has 0 atom stereocenters. The molecule has 2 saturated heterocycles. The highest BCUT2D eigenvalue weighted by Crippen LogP contribution is 2.27. The number of hydrogen-bond donors (Lipinski definition) is 3. The molecule has 3 aromatic rings. The Balaban J connectivity index is 1.34. The number of anilines is 1. The summed E-state index contributed by atoms with van der Waals surface area (Å²) in [6.07, 6.45) is 5.98. The molecule has 36 heavy (non-hydrogen) atoms. The number of benzene rings is 1. The second kappa shape index (κ2) is 11.1. The number of amides is 2. The van der Waals surface area contributed by atoms with Crippen molar-refractivity contribution in [3.8, 4) is 11.4 Å². The minimum atomic E-state index is -0.0757. The molecule has 190 valence electrons. The van der Waals surface area contributed by atoms with E-state index in [1.807, 2.05) is 41.3 Å². The minimum Gasteiger partial charge on any atom is -0.368 e. The van der Waals surface area contributed by atoms with Crippen molar-refractivity contribution in [3.05, 3.63) is 42.1 Å². The number of likely N-dealkylation sites (tertiary alicyclic amines) is 2. The third-order valence-electron chi connectivity index (χ3n) is 7.20. The van der Waals surface area contributed by atoms with Crippen molar-refractivity contribution in [1.82, 2.24) is 30.1 Å². The van der Waals surface area contributed by atoms with Crippen LogP contribution in [-0.4, -0.2) is 81.9 Å². The van der Waals surface area contributed by atoms with Crippen LogP contribution < -0.4 is 10.6 Å². The van der Waals surface area contributed by atoms with E-state index in [1.54, 1.807) is 0 Å². The van der Waals surface area contributed by atoms with E-state index in [4.69, 9.17) is 9.97 Å². The van der Waals surface area contributed by atoms with Gasteiger partial charge in [-0.15, -0.1) is 0 Å². The van der Waals surface area contributed by atoms with Crippen molar-refractivity contribution in [1.29, 1.82) is 0 Å². The van der Waals surface area contributed by atoms with E-state index in [9.17, 15) is 9.59 Å². The zero-order valence-electron chi connectivity index (χ0n) is 20.9. The molecule has 9 nitrogen and oxygen atoms in total. The SMILES string of the molecule is CC(=O)NCCNc1nc(-c2ccccc2)nc2[nH]c(C(=O)N3CCC(N4CCCCC4)CC3)cc12. The zero-order chi connectivity index (χ0) is 24.9. The molecule has 0 saturated carbocycles. The van der Waals surface area contributed by atoms with Crippen molar-refractivity contribution in [2.45, 2.75) is 45.1 Å². The van der Waals surface area contributed by atoms with Gasteiger partial charge < -0.3 is 25.4 Å². The minimum absolute atomic E-state index is 0.00977. The lowest BCUT2D eigenvalue weighted by Gasteiger charge is -2.40. The number of H-pyrrole nitrogens is 1. The summed E-state index contributed by atoms with van der Waals surface area (Å²) in [5.74, 6) is 1.15. The third kappa shape index (κ3) is 5.51. The van der Waals surface area contributed by atoms with E-state index in [1.165, 1.54) is 39.3 Å². The molecule has 2 aromatic heterocycles. The van der Waals surface area contributed by atoms with Gasteiger partial charge in [-0.1, -0.05) is 36.8 Å². The van der Waals surface area contributed by atoms with Crippen LogP contribution >= 0.6 is 0 Å². The van der Waals surface area contributed by atoms with E-state index in [-0.39, 0.29) is 11.8 Å². The average Bonchev–Trinajstić information content (AvgIpc) is 3.36. The maximum absolute atomic E-state index is 13.4. The van der Waals surface area contributed by atoms with Gasteiger partial charge in [-0.2, -0.15) is 0 Å². The topological polar surface area (TPSA) is 106 Å². The lowest BCUT2D eigenvalue weighted by molar-refractivity contribution is -0.118. The standard InChI is InChI=1S/C27H35N7O2/c1-19(35)28-12-13-29-25-22-18-23(30-26(22)32-24(31-25)20-8-4-2-5-9-20)27(36)34-16-10-21(11-17-34)33-14-6-3-7-15-33/h2,4-5,8-9,18,21H,3,6-7,10-17H2,1H3,(H,28,35)(H2,29,30,31,32). The van der Waals surface area contributed by atoms with Crippen LogP contribution in [0.4, 0.5) is 5.82 Å². The lowest BCUT2D eigenvalue weighted by Crippen LogP contribution is -2.48. The summed E-state index contributed by atoms with van der Waals surface area (Å²) in [5, 5.41) is 6.87. The van der Waals surface area contributed by atoms with Crippen LogP contribution in [0.1, 0.15) is 49.5 Å². The second-order valence-electron chi connectivity index (χ2n) is 9.74. The number of carbonyl (C=O) groups excluding carboxylic acids is 2. The Labute approximate surface area is 211 Å². The van der Waals surface area contributed by atoms with E-state index in [0.717, 1.165) is 36.9 Å². The third-order valence-corrected chi connectivity index (χ3v) is 7.20. The number of nitrogens with zero attached hydrogens (tertiary/aromatic N) is 4. The zero-order valence-corrected chi connectivity index (χ0v) is 20.9. The Morgan fingerprint density at radius 1 is 1.00 bits per heavy atom. The fraction of sp³-hybridized carbons (Fsp3) is 0.481. The molecule has 5 rings (SSSR count). The summed E-state index contributed by atoms with van der Waals surface area (Å²) in [6, 6.07) is 12.2. The van der Waals surface area contributed by atoms with E-state index in [2.05, 4.69) is 20.5 Å². The molecule has 0 radical (unpaired) electrons. The number of hydrogen-bond acceptors (Lipinski definition) is 6. The van der Waals surface area contributed by atoms with Crippen LogP contribution in [-0.2, 0) is 4.79 Å². The number of aromatic nitrogens is 3. The highest BCUT2D eigenvalue weighted by molar-refractivity contribution is 6.00. The van der Waals surface area contributed by atoms with Crippen LogP contribution in [0.25, 0.3) is 22.4 Å². The highest BCUT2D eigenvalue weighted by Gasteiger charge is 2.29. The Bertz CT molecular complexity index is 1200. The number of carbonyl (C=O) groups is 2. The first-order valence-corrected chi connectivity index (χ1v) is 13.1. The first-order chi connectivity index (χ1) is 17.6. The lowest BCUT2D eigenvalue weighted by atomic mass is 10.00. The molecule has 0 aliphatic carbocycles. The van der Waals surface area contributed by atoms with Crippen molar-refractivity contribution in [3.63, 3.8) is 0 Å². The first-order valence-electron chi connectivity index (χ1n) is 13.1. The van der Waals surface area contributed by atoms with Crippen molar-refractivity contribution in [2.75, 3.05) is 44.6 Å². The summed E-state index contributed by atoms with van der Waals surface area (Å²) < 4.78 is 0. The number of fused-ring (bicyclic) bond motifs is 1. The number of aromatic amines is 1. The van der Waals surface area contributed by atoms with Gasteiger partial charge in [0.1, 0.15) is 17.2 Å². The molecule has 2 aliphatic rings. The Morgan fingerprint density at radius 3 is 2.47 bits per heavy atom. The molecular formula is C27H35N7O2. The molecule has 3 N–H and O–H groups in total. The molecule has 2 aliphatic heterocycles. The van der Waals surface area contributed by atoms with Gasteiger partial charge in [0.2, 0.25) is 5.91 Å². The number of piperidine rings is 2. The van der Waals surface area contributed by atoms with Crippen LogP contribution in [0.3, 0.4) is 0 Å². The Kier molecular flexibility index (Phi) is 7.46. The first kappa shape index (κ1) is 24.2. The summed E-state index contributed by atoms with van der Waals surface area (Å²) in [6.45, 7) is 6.43.